The molecule has 0 bridgehead atoms. The van der Waals surface area contributed by atoms with Crippen molar-refractivity contribution in [2.24, 2.45) is 0 Å². The van der Waals surface area contributed by atoms with Crippen molar-refractivity contribution in [2.45, 2.75) is 152 Å². The van der Waals surface area contributed by atoms with Crippen molar-refractivity contribution in [1.29, 1.82) is 0 Å². The molecule has 3 aliphatic heterocycles. The smallest absolute Gasteiger partial charge is 0.111 e. The number of hydrogen-bond acceptors (Lipinski definition) is 19. The Morgan fingerprint density at radius 3 is 1.00 bits per heavy atom. The number of ether oxygens (including phenoxy) is 3. The van der Waals surface area contributed by atoms with Crippen LogP contribution in [0, 0.1) is 0 Å². The SMILES string of the molecule is CC1OC(Cn2cc(CN(Cc3cn(CC4OC(C)C(O)C(O)C4O)nn3)Cc3cn(CC4OC(C)C(O)C(O)C4O)nn3)nn2)C(O)C(O)C1O. The van der Waals surface area contributed by atoms with E-state index in [0.29, 0.717) is 17.1 Å². The predicted octanol–water partition coefficient (Wildman–Crippen LogP) is -5.73. The zero-order valence-electron chi connectivity index (χ0n) is 28.9. The molecular formula is C30H48N10O12. The van der Waals surface area contributed by atoms with Crippen molar-refractivity contribution >= 4 is 0 Å². The quantitative estimate of drug-likeness (QED) is 0.0835. The summed E-state index contributed by atoms with van der Waals surface area (Å²) < 4.78 is 21.5. The first-order valence-corrected chi connectivity index (χ1v) is 17.2. The standard InChI is InChI=1S/C30H48N10O12/c1-13-22(41)28(47)25(44)19(50-13)10-38-7-16(31-34-38)4-37(5-17-8-39(35-32-17)11-20-26(45)29(48)23(42)14(2)51-20)6-18-9-40(36-33-18)12-21-27(46)30(49)24(43)15(3)52-21/h7-9,13-15,19-30,41-49H,4-6,10-12H2,1-3H3. The molecule has 290 valence electrons. The summed E-state index contributed by atoms with van der Waals surface area (Å²) in [5.41, 5.74) is 1.58. The first kappa shape index (κ1) is 38.6. The van der Waals surface area contributed by atoms with E-state index in [4.69, 9.17) is 14.2 Å². The lowest BCUT2D eigenvalue weighted by atomic mass is 9.96. The van der Waals surface area contributed by atoms with Crippen LogP contribution in [0.1, 0.15) is 37.9 Å². The van der Waals surface area contributed by atoms with E-state index in [1.807, 2.05) is 4.90 Å². The predicted molar refractivity (Wildman–Crippen MR) is 170 cm³/mol. The maximum absolute atomic E-state index is 10.5. The van der Waals surface area contributed by atoms with Crippen LogP contribution in [0.15, 0.2) is 18.6 Å². The lowest BCUT2D eigenvalue weighted by Gasteiger charge is -2.39. The van der Waals surface area contributed by atoms with Gasteiger partial charge in [0.15, 0.2) is 0 Å². The number of aromatic nitrogens is 9. The van der Waals surface area contributed by atoms with Crippen molar-refractivity contribution in [3.8, 4) is 0 Å². The van der Waals surface area contributed by atoms with Crippen LogP contribution in [0.4, 0.5) is 0 Å². The average molecular weight is 741 g/mol. The minimum Gasteiger partial charge on any atom is -0.388 e. The Hall–Kier alpha value is -3.10. The highest BCUT2D eigenvalue weighted by Crippen LogP contribution is 2.25. The third kappa shape index (κ3) is 8.49. The van der Waals surface area contributed by atoms with Gasteiger partial charge in [0.25, 0.3) is 0 Å². The molecule has 0 radical (unpaired) electrons. The molecule has 22 nitrogen and oxygen atoms in total. The third-order valence-electron chi connectivity index (χ3n) is 9.87. The summed E-state index contributed by atoms with van der Waals surface area (Å²) in [5, 5.41) is 117. The Labute approximate surface area is 297 Å². The molecule has 0 aliphatic carbocycles. The lowest BCUT2D eigenvalue weighted by Crippen LogP contribution is -2.57. The molecule has 15 atom stereocenters. The topological polar surface area (TPSA) is 305 Å². The van der Waals surface area contributed by atoms with E-state index in [0.717, 1.165) is 0 Å². The Bertz CT molecular complexity index is 1410. The molecule has 0 saturated carbocycles. The molecule has 3 aliphatic rings. The van der Waals surface area contributed by atoms with E-state index in [1.54, 1.807) is 39.4 Å². The molecule has 3 fully saturated rings. The molecule has 6 heterocycles. The van der Waals surface area contributed by atoms with Crippen molar-refractivity contribution in [1.82, 2.24) is 49.9 Å². The van der Waals surface area contributed by atoms with Gasteiger partial charge in [0, 0.05) is 38.2 Å². The lowest BCUT2D eigenvalue weighted by molar-refractivity contribution is -0.220. The molecule has 9 N–H and O–H groups in total. The van der Waals surface area contributed by atoms with Crippen LogP contribution in [0.5, 0.6) is 0 Å². The second kappa shape index (κ2) is 16.1. The summed E-state index contributed by atoms with van der Waals surface area (Å²) in [7, 11) is 0. The minimum atomic E-state index is -1.38. The number of rotatable bonds is 12. The second-order valence-electron chi connectivity index (χ2n) is 14.0. The zero-order chi connectivity index (χ0) is 37.4. The molecule has 6 rings (SSSR count). The fourth-order valence-corrected chi connectivity index (χ4v) is 6.77. The van der Waals surface area contributed by atoms with Gasteiger partial charge in [-0.25, -0.2) is 14.0 Å². The fourth-order valence-electron chi connectivity index (χ4n) is 6.77. The van der Waals surface area contributed by atoms with E-state index in [2.05, 4.69) is 30.9 Å². The van der Waals surface area contributed by atoms with Gasteiger partial charge in [0.05, 0.1) is 55.0 Å². The molecule has 0 spiro atoms. The molecule has 15 unspecified atom stereocenters. The van der Waals surface area contributed by atoms with Crippen molar-refractivity contribution in [2.75, 3.05) is 0 Å². The van der Waals surface area contributed by atoms with Crippen LogP contribution < -0.4 is 0 Å². The highest BCUT2D eigenvalue weighted by Gasteiger charge is 2.44. The Morgan fingerprint density at radius 1 is 0.462 bits per heavy atom. The maximum Gasteiger partial charge on any atom is 0.111 e. The largest absolute Gasteiger partial charge is 0.388 e. The van der Waals surface area contributed by atoms with Crippen LogP contribution in [0.25, 0.3) is 0 Å². The molecule has 52 heavy (non-hydrogen) atoms. The second-order valence-corrected chi connectivity index (χ2v) is 14.0. The summed E-state index contributed by atoms with van der Waals surface area (Å²) in [4.78, 5) is 1.92. The molecule has 22 heteroatoms. The third-order valence-corrected chi connectivity index (χ3v) is 9.87. The summed E-state index contributed by atoms with van der Waals surface area (Å²) in [5.74, 6) is 0. The van der Waals surface area contributed by atoms with Gasteiger partial charge in [-0.05, 0) is 20.8 Å². The Balaban J connectivity index is 1.15. The molecule has 0 amide bonds. The van der Waals surface area contributed by atoms with E-state index >= 15 is 0 Å². The Kier molecular flexibility index (Phi) is 12.0. The van der Waals surface area contributed by atoms with E-state index in [9.17, 15) is 46.0 Å². The fraction of sp³-hybridized carbons (Fsp3) is 0.800. The van der Waals surface area contributed by atoms with Gasteiger partial charge in [-0.1, -0.05) is 15.6 Å². The number of aliphatic hydroxyl groups is 9. The van der Waals surface area contributed by atoms with Crippen molar-refractivity contribution < 1.29 is 60.2 Å². The van der Waals surface area contributed by atoms with Crippen LogP contribution >= 0.6 is 0 Å². The van der Waals surface area contributed by atoms with Crippen LogP contribution in [0.2, 0.25) is 0 Å². The van der Waals surface area contributed by atoms with Gasteiger partial charge in [-0.15, -0.1) is 15.3 Å². The van der Waals surface area contributed by atoms with Crippen LogP contribution in [0.3, 0.4) is 0 Å². The number of aliphatic hydroxyl groups excluding tert-OH is 9. The van der Waals surface area contributed by atoms with Crippen molar-refractivity contribution in [3.05, 3.63) is 35.7 Å². The van der Waals surface area contributed by atoms with Crippen LogP contribution in [-0.2, 0) is 53.5 Å². The van der Waals surface area contributed by atoms with Gasteiger partial charge < -0.3 is 60.2 Å². The zero-order valence-corrected chi connectivity index (χ0v) is 28.9. The van der Waals surface area contributed by atoms with E-state index < -0.39 is 91.6 Å². The van der Waals surface area contributed by atoms with Gasteiger partial charge in [-0.3, -0.25) is 4.90 Å². The van der Waals surface area contributed by atoms with Gasteiger partial charge in [-0.2, -0.15) is 0 Å². The summed E-state index contributed by atoms with van der Waals surface area (Å²) in [6, 6.07) is 0. The highest BCUT2D eigenvalue weighted by molar-refractivity contribution is 5.02. The first-order valence-electron chi connectivity index (χ1n) is 17.2. The van der Waals surface area contributed by atoms with E-state index in [1.165, 1.54) is 14.0 Å². The van der Waals surface area contributed by atoms with Crippen molar-refractivity contribution in [3.63, 3.8) is 0 Å². The van der Waals surface area contributed by atoms with Crippen LogP contribution in [-0.4, -0.2) is 187 Å². The molecule has 3 saturated heterocycles. The average Bonchev–Trinajstić information content (AvgIpc) is 3.87. The van der Waals surface area contributed by atoms with Gasteiger partial charge in [0.2, 0.25) is 0 Å². The maximum atomic E-state index is 10.5. The van der Waals surface area contributed by atoms with Gasteiger partial charge >= 0.3 is 0 Å². The summed E-state index contributed by atoms with van der Waals surface area (Å²) >= 11 is 0. The summed E-state index contributed by atoms with van der Waals surface area (Å²) in [6.45, 7) is 5.65. The Morgan fingerprint density at radius 2 is 0.731 bits per heavy atom. The molecule has 3 aromatic heterocycles. The normalized spacial score (nSPS) is 38.6. The molecule has 3 aromatic rings. The van der Waals surface area contributed by atoms with E-state index in [-0.39, 0.29) is 39.3 Å². The highest BCUT2D eigenvalue weighted by atomic mass is 16.5. The number of hydrogen-bond donors (Lipinski definition) is 9. The molecular weight excluding hydrogens is 692 g/mol. The summed E-state index contributed by atoms with van der Waals surface area (Å²) in [6.07, 6.45) is -11.5. The monoisotopic (exact) mass is 740 g/mol. The molecule has 0 aromatic carbocycles. The number of nitrogens with zero attached hydrogens (tertiary/aromatic N) is 10. The van der Waals surface area contributed by atoms with Gasteiger partial charge in [0.1, 0.15) is 73.2 Å². The first-order chi connectivity index (χ1) is 24.7. The minimum absolute atomic E-state index is 0.0593.